The lowest BCUT2D eigenvalue weighted by Gasteiger charge is -2.42. The average molecular weight is 574 g/mol. The SMILES string of the molecule is Cc1ccc(F)cc1S(O)(O)C1(c2cc(N3CCOC[C@@H]3C)nc(-c3ccc(NC(=O)NCCF)cc3)n2)CC1. The number of urea groups is 1. The van der Waals surface area contributed by atoms with Crippen LogP contribution >= 0.6 is 10.6 Å². The summed E-state index contributed by atoms with van der Waals surface area (Å²) < 4.78 is 54.4. The van der Waals surface area contributed by atoms with E-state index in [0.717, 1.165) is 0 Å². The molecule has 214 valence electrons. The molecule has 2 heterocycles. The molecule has 2 amide bonds. The fraction of sp³-hybridized carbons (Fsp3) is 0.393. The van der Waals surface area contributed by atoms with Gasteiger partial charge in [0.1, 0.15) is 23.1 Å². The highest BCUT2D eigenvalue weighted by atomic mass is 32.3. The minimum atomic E-state index is -3.48. The molecule has 1 atom stereocenters. The second kappa shape index (κ2) is 11.3. The maximum atomic E-state index is 14.2. The Morgan fingerprint density at radius 2 is 1.93 bits per heavy atom. The monoisotopic (exact) mass is 573 g/mol. The van der Waals surface area contributed by atoms with Gasteiger partial charge in [-0.05, 0) is 68.7 Å². The molecular formula is C28H33F2N5O4S. The van der Waals surface area contributed by atoms with Crippen LogP contribution in [-0.2, 0) is 9.48 Å². The van der Waals surface area contributed by atoms with E-state index in [1.807, 2.05) is 13.0 Å². The molecule has 0 spiro atoms. The Bertz CT molecular complexity index is 1390. The molecule has 2 aromatic carbocycles. The molecule has 1 aromatic heterocycles. The van der Waals surface area contributed by atoms with Crippen molar-refractivity contribution in [1.29, 1.82) is 0 Å². The summed E-state index contributed by atoms with van der Waals surface area (Å²) in [7, 11) is -3.48. The second-order valence-electron chi connectivity index (χ2n) is 10.2. The van der Waals surface area contributed by atoms with Gasteiger partial charge in [-0.3, -0.25) is 9.11 Å². The van der Waals surface area contributed by atoms with Crippen molar-refractivity contribution < 1.29 is 27.4 Å². The zero-order valence-corrected chi connectivity index (χ0v) is 23.2. The van der Waals surface area contributed by atoms with Gasteiger partial charge in [-0.15, -0.1) is 0 Å². The predicted octanol–water partition coefficient (Wildman–Crippen LogP) is 5.71. The molecule has 5 rings (SSSR count). The number of rotatable bonds is 8. The summed E-state index contributed by atoms with van der Waals surface area (Å²) in [5.74, 6) is 0.493. The quantitative estimate of drug-likeness (QED) is 0.273. The molecule has 40 heavy (non-hydrogen) atoms. The van der Waals surface area contributed by atoms with Crippen LogP contribution in [0.25, 0.3) is 11.4 Å². The van der Waals surface area contributed by atoms with E-state index in [9.17, 15) is 22.7 Å². The molecule has 2 aliphatic rings. The molecule has 1 aliphatic carbocycles. The van der Waals surface area contributed by atoms with E-state index < -0.39 is 33.9 Å². The molecule has 9 nitrogen and oxygen atoms in total. The third kappa shape index (κ3) is 5.49. The number of carbonyl (C=O) groups is 1. The largest absolute Gasteiger partial charge is 0.377 e. The Balaban J connectivity index is 1.54. The minimum Gasteiger partial charge on any atom is -0.377 e. The van der Waals surface area contributed by atoms with Crippen LogP contribution in [0.5, 0.6) is 0 Å². The Morgan fingerprint density at radius 1 is 1.18 bits per heavy atom. The van der Waals surface area contributed by atoms with Crippen molar-refractivity contribution in [2.75, 3.05) is 43.2 Å². The van der Waals surface area contributed by atoms with E-state index >= 15 is 0 Å². The number of hydrogen-bond donors (Lipinski definition) is 4. The Labute approximate surface area is 233 Å². The Morgan fingerprint density at radius 3 is 2.60 bits per heavy atom. The number of benzene rings is 2. The molecule has 4 N–H and O–H groups in total. The number of aryl methyl sites for hydroxylation is 1. The van der Waals surface area contributed by atoms with Crippen LogP contribution in [0.4, 0.5) is 25.1 Å². The highest BCUT2D eigenvalue weighted by Gasteiger charge is 2.58. The number of aromatic nitrogens is 2. The highest BCUT2D eigenvalue weighted by Crippen LogP contribution is 2.75. The van der Waals surface area contributed by atoms with Crippen molar-refractivity contribution in [1.82, 2.24) is 15.3 Å². The van der Waals surface area contributed by atoms with Crippen LogP contribution in [0, 0.1) is 12.7 Å². The van der Waals surface area contributed by atoms with Crippen molar-refractivity contribution in [3.63, 3.8) is 0 Å². The van der Waals surface area contributed by atoms with E-state index in [1.54, 1.807) is 37.3 Å². The lowest BCUT2D eigenvalue weighted by atomic mass is 10.1. The van der Waals surface area contributed by atoms with Gasteiger partial charge in [0.05, 0.1) is 29.8 Å². The fourth-order valence-corrected chi connectivity index (χ4v) is 7.22. The summed E-state index contributed by atoms with van der Waals surface area (Å²) >= 11 is 0. The summed E-state index contributed by atoms with van der Waals surface area (Å²) in [5.41, 5.74) is 2.26. The van der Waals surface area contributed by atoms with Crippen molar-refractivity contribution >= 4 is 28.1 Å². The highest BCUT2D eigenvalue weighted by molar-refractivity contribution is 8.25. The average Bonchev–Trinajstić information content (AvgIpc) is 3.77. The lowest BCUT2D eigenvalue weighted by Crippen LogP contribution is -2.44. The van der Waals surface area contributed by atoms with E-state index in [2.05, 4.69) is 15.5 Å². The summed E-state index contributed by atoms with van der Waals surface area (Å²) in [6, 6.07) is 12.3. The number of carbonyl (C=O) groups excluding carboxylic acids is 1. The third-order valence-corrected chi connectivity index (χ3v) is 10.1. The van der Waals surface area contributed by atoms with Gasteiger partial charge in [-0.1, -0.05) is 6.07 Å². The number of amides is 2. The maximum Gasteiger partial charge on any atom is 0.319 e. The van der Waals surface area contributed by atoms with E-state index in [-0.39, 0.29) is 17.5 Å². The predicted molar refractivity (Wildman–Crippen MR) is 151 cm³/mol. The van der Waals surface area contributed by atoms with Gasteiger partial charge in [0, 0.05) is 30.4 Å². The van der Waals surface area contributed by atoms with Gasteiger partial charge in [0.15, 0.2) is 5.82 Å². The molecule has 0 bridgehead atoms. The van der Waals surface area contributed by atoms with Crippen LogP contribution in [0.15, 0.2) is 53.4 Å². The normalized spacial score (nSPS) is 18.8. The first-order valence-electron chi connectivity index (χ1n) is 13.1. The zero-order valence-electron chi connectivity index (χ0n) is 22.4. The van der Waals surface area contributed by atoms with Crippen LogP contribution in [-0.4, -0.2) is 64.1 Å². The van der Waals surface area contributed by atoms with E-state index in [0.29, 0.717) is 66.8 Å². The molecule has 0 unspecified atom stereocenters. The molecule has 1 saturated carbocycles. The minimum absolute atomic E-state index is 0.0414. The molecule has 1 saturated heterocycles. The number of morpholine rings is 1. The van der Waals surface area contributed by atoms with Crippen molar-refractivity contribution in [3.8, 4) is 11.4 Å². The molecule has 0 radical (unpaired) electrons. The number of halogens is 2. The fourth-order valence-electron chi connectivity index (χ4n) is 4.94. The lowest BCUT2D eigenvalue weighted by molar-refractivity contribution is 0.0985. The topological polar surface area (TPSA) is 120 Å². The summed E-state index contributed by atoms with van der Waals surface area (Å²) in [6.45, 7) is 4.71. The third-order valence-electron chi connectivity index (χ3n) is 7.33. The number of nitrogens with one attached hydrogen (secondary N) is 2. The zero-order chi connectivity index (χ0) is 28.5. The molecule has 2 fully saturated rings. The molecular weight excluding hydrogens is 540 g/mol. The standard InChI is InChI=1S/C28H33F2N5O4S/c1-18-3-6-21(30)15-23(18)40(37,38)28(9-10-28)24-16-25(35-13-14-39-17-19(35)2)34-26(33-24)20-4-7-22(8-5-20)32-27(36)31-12-11-29/h3-8,15-16,19,37-38H,9-14,17H2,1-2H3,(H2,31,32,36)/t19-/m0/s1. The van der Waals surface area contributed by atoms with Crippen molar-refractivity contribution in [2.45, 2.75) is 42.4 Å². The van der Waals surface area contributed by atoms with Crippen LogP contribution in [0.2, 0.25) is 0 Å². The summed E-state index contributed by atoms with van der Waals surface area (Å²) in [4.78, 5) is 23.9. The Kier molecular flexibility index (Phi) is 7.96. The molecule has 12 heteroatoms. The van der Waals surface area contributed by atoms with Crippen molar-refractivity contribution in [2.24, 2.45) is 0 Å². The number of alkyl halides is 1. The van der Waals surface area contributed by atoms with Gasteiger partial charge >= 0.3 is 6.03 Å². The van der Waals surface area contributed by atoms with Crippen LogP contribution in [0.3, 0.4) is 0 Å². The van der Waals surface area contributed by atoms with E-state index in [1.165, 1.54) is 12.1 Å². The maximum absolute atomic E-state index is 14.2. The first-order valence-corrected chi connectivity index (χ1v) is 14.7. The Hall–Kier alpha value is -3.32. The van der Waals surface area contributed by atoms with Crippen LogP contribution in [0.1, 0.15) is 31.0 Å². The first kappa shape index (κ1) is 28.2. The first-order chi connectivity index (χ1) is 19.1. The van der Waals surface area contributed by atoms with Crippen LogP contribution < -0.4 is 15.5 Å². The molecule has 3 aromatic rings. The van der Waals surface area contributed by atoms with Gasteiger partial charge in [-0.2, -0.15) is 10.6 Å². The van der Waals surface area contributed by atoms with Crippen molar-refractivity contribution in [3.05, 3.63) is 65.6 Å². The number of nitrogens with zero attached hydrogens (tertiary/aromatic N) is 3. The number of anilines is 2. The van der Waals surface area contributed by atoms with Gasteiger partial charge in [0.25, 0.3) is 0 Å². The van der Waals surface area contributed by atoms with Gasteiger partial charge < -0.3 is 20.3 Å². The van der Waals surface area contributed by atoms with Gasteiger partial charge in [-0.25, -0.2) is 23.5 Å². The summed E-state index contributed by atoms with van der Waals surface area (Å²) in [6.07, 6.45) is 0.966. The second-order valence-corrected chi connectivity index (χ2v) is 12.5. The smallest absolute Gasteiger partial charge is 0.319 e. The number of ether oxygens (including phenoxy) is 1. The van der Waals surface area contributed by atoms with E-state index in [4.69, 9.17) is 14.7 Å². The summed E-state index contributed by atoms with van der Waals surface area (Å²) in [5, 5.41) is 5.05. The number of hydrogen-bond acceptors (Lipinski definition) is 7. The van der Waals surface area contributed by atoms with Gasteiger partial charge in [0.2, 0.25) is 0 Å². The molecule has 1 aliphatic heterocycles.